The van der Waals surface area contributed by atoms with Crippen LogP contribution < -0.4 is 10.3 Å². The molecule has 2 N–H and O–H groups in total. The zero-order chi connectivity index (χ0) is 12.8. The van der Waals surface area contributed by atoms with E-state index in [1.807, 2.05) is 5.01 Å². The number of carbonyl (C=O) groups is 1. The number of hydrazine groups is 1. The third-order valence-corrected chi connectivity index (χ3v) is 2.97. The number of amides is 1. The van der Waals surface area contributed by atoms with Crippen LogP contribution in [0, 0.1) is 0 Å². The molecule has 1 fully saturated rings. The smallest absolute Gasteiger partial charge is 0.231 e. The molecule has 6 nitrogen and oxygen atoms in total. The predicted molar refractivity (Wildman–Crippen MR) is 68.3 cm³/mol. The number of aliphatic hydroxyl groups excluding tert-OH is 1. The zero-order valence-electron chi connectivity index (χ0n) is 10.3. The summed E-state index contributed by atoms with van der Waals surface area (Å²) in [7, 11) is 0. The van der Waals surface area contributed by atoms with Crippen molar-refractivity contribution < 1.29 is 14.3 Å². The second kappa shape index (κ2) is 6.42. The van der Waals surface area contributed by atoms with Crippen LogP contribution in [0.4, 0.5) is 11.8 Å². The van der Waals surface area contributed by atoms with E-state index < -0.39 is 0 Å². The van der Waals surface area contributed by atoms with E-state index in [4.69, 9.17) is 9.52 Å². The molecule has 1 aliphatic heterocycles. The summed E-state index contributed by atoms with van der Waals surface area (Å²) in [6.45, 7) is 2.22. The van der Waals surface area contributed by atoms with Gasteiger partial charge in [0.1, 0.15) is 0 Å². The van der Waals surface area contributed by atoms with Gasteiger partial charge in [0, 0.05) is 31.8 Å². The lowest BCUT2D eigenvalue weighted by molar-refractivity contribution is -0.110. The Balaban J connectivity index is 2.02. The van der Waals surface area contributed by atoms with Gasteiger partial charge in [-0.3, -0.25) is 4.79 Å². The molecule has 0 radical (unpaired) electrons. The molecule has 1 aromatic heterocycles. The van der Waals surface area contributed by atoms with Crippen molar-refractivity contribution in [3.63, 3.8) is 0 Å². The minimum absolute atomic E-state index is 0.0412. The minimum atomic E-state index is 0.0412. The predicted octanol–water partition coefficient (Wildman–Crippen LogP) is 1.05. The van der Waals surface area contributed by atoms with Crippen LogP contribution in [-0.4, -0.2) is 42.8 Å². The molecule has 1 aliphatic rings. The highest BCUT2D eigenvalue weighted by Crippen LogP contribution is 2.24. The van der Waals surface area contributed by atoms with Crippen molar-refractivity contribution in [2.45, 2.75) is 19.3 Å². The van der Waals surface area contributed by atoms with E-state index >= 15 is 0 Å². The van der Waals surface area contributed by atoms with Crippen LogP contribution >= 0.6 is 0 Å². The van der Waals surface area contributed by atoms with Crippen LogP contribution in [0.1, 0.15) is 19.3 Å². The number of hydrogen-bond acceptors (Lipinski definition) is 5. The summed E-state index contributed by atoms with van der Waals surface area (Å²) < 4.78 is 5.52. The normalized spacial score (nSPS) is 16.5. The summed E-state index contributed by atoms with van der Waals surface area (Å²) >= 11 is 0. The fraction of sp³-hybridized carbons (Fsp3) is 0.583. The van der Waals surface area contributed by atoms with Gasteiger partial charge in [-0.25, -0.2) is 10.0 Å². The number of anilines is 2. The third-order valence-electron chi connectivity index (χ3n) is 2.97. The molecular formula is C12H19N3O3. The first-order valence-corrected chi connectivity index (χ1v) is 6.29. The van der Waals surface area contributed by atoms with Crippen molar-refractivity contribution in [1.29, 1.82) is 0 Å². The average Bonchev–Trinajstić information content (AvgIpc) is 2.87. The Labute approximate surface area is 106 Å². The van der Waals surface area contributed by atoms with Crippen LogP contribution in [0.3, 0.4) is 0 Å². The van der Waals surface area contributed by atoms with Crippen LogP contribution in [0.5, 0.6) is 0 Å². The van der Waals surface area contributed by atoms with Crippen LogP contribution in [0.2, 0.25) is 0 Å². The molecule has 0 bridgehead atoms. The Morgan fingerprint density at radius 3 is 2.83 bits per heavy atom. The van der Waals surface area contributed by atoms with Gasteiger partial charge >= 0.3 is 0 Å². The average molecular weight is 253 g/mol. The molecule has 2 heterocycles. The van der Waals surface area contributed by atoms with Crippen LogP contribution in [0.15, 0.2) is 16.5 Å². The lowest BCUT2D eigenvalue weighted by atomic mass is 10.2. The fourth-order valence-electron chi connectivity index (χ4n) is 2.08. The molecule has 100 valence electrons. The summed E-state index contributed by atoms with van der Waals surface area (Å²) in [6.07, 6.45) is 4.19. The monoisotopic (exact) mass is 253 g/mol. The standard InChI is InChI=1S/C12H19N3O3/c16-9-6-13-11-4-5-12(18-11)15(10-17)14-7-2-1-3-8-14/h4-5,10,13,16H,1-3,6-9H2. The molecule has 0 aliphatic carbocycles. The number of furan rings is 1. The molecule has 1 amide bonds. The fourth-order valence-corrected chi connectivity index (χ4v) is 2.08. The van der Waals surface area contributed by atoms with E-state index in [0.29, 0.717) is 18.3 Å². The van der Waals surface area contributed by atoms with Gasteiger partial charge in [-0.1, -0.05) is 6.42 Å². The molecule has 1 saturated heterocycles. The first kappa shape index (κ1) is 12.9. The van der Waals surface area contributed by atoms with Gasteiger partial charge < -0.3 is 14.8 Å². The summed E-state index contributed by atoms with van der Waals surface area (Å²) in [4.78, 5) is 11.2. The van der Waals surface area contributed by atoms with Gasteiger partial charge in [-0.2, -0.15) is 0 Å². The van der Waals surface area contributed by atoms with Crippen molar-refractivity contribution in [1.82, 2.24) is 5.01 Å². The second-order valence-corrected chi connectivity index (χ2v) is 4.25. The lowest BCUT2D eigenvalue weighted by Gasteiger charge is -2.32. The lowest BCUT2D eigenvalue weighted by Crippen LogP contribution is -2.44. The van der Waals surface area contributed by atoms with E-state index in [1.54, 1.807) is 12.1 Å². The molecule has 18 heavy (non-hydrogen) atoms. The van der Waals surface area contributed by atoms with Gasteiger partial charge in [0.2, 0.25) is 12.3 Å². The van der Waals surface area contributed by atoms with Gasteiger partial charge in [-0.15, -0.1) is 0 Å². The molecule has 0 aromatic carbocycles. The Morgan fingerprint density at radius 1 is 1.39 bits per heavy atom. The molecular weight excluding hydrogens is 234 g/mol. The third kappa shape index (κ3) is 3.02. The van der Waals surface area contributed by atoms with Crippen LogP contribution in [-0.2, 0) is 4.79 Å². The number of nitrogens with one attached hydrogen (secondary N) is 1. The number of nitrogens with zero attached hydrogens (tertiary/aromatic N) is 2. The highest BCUT2D eigenvalue weighted by molar-refractivity contribution is 5.71. The molecule has 0 atom stereocenters. The van der Waals surface area contributed by atoms with Crippen molar-refractivity contribution in [3.8, 4) is 0 Å². The second-order valence-electron chi connectivity index (χ2n) is 4.25. The number of piperidine rings is 1. The first-order chi connectivity index (χ1) is 8.85. The van der Waals surface area contributed by atoms with Crippen molar-refractivity contribution in [2.24, 2.45) is 0 Å². The molecule has 0 unspecified atom stereocenters. The van der Waals surface area contributed by atoms with E-state index in [1.165, 1.54) is 11.4 Å². The summed E-state index contributed by atoms with van der Waals surface area (Å²) in [5, 5.41) is 15.1. The quantitative estimate of drug-likeness (QED) is 0.742. The maximum atomic E-state index is 11.2. The first-order valence-electron chi connectivity index (χ1n) is 6.29. The molecule has 6 heteroatoms. The van der Waals surface area contributed by atoms with Crippen LogP contribution in [0.25, 0.3) is 0 Å². The van der Waals surface area contributed by atoms with Crippen molar-refractivity contribution >= 4 is 18.2 Å². The topological polar surface area (TPSA) is 69.0 Å². The Bertz CT molecular complexity index is 374. The highest BCUT2D eigenvalue weighted by Gasteiger charge is 2.20. The van der Waals surface area contributed by atoms with E-state index in [0.717, 1.165) is 32.3 Å². The van der Waals surface area contributed by atoms with E-state index in [2.05, 4.69) is 5.32 Å². The van der Waals surface area contributed by atoms with Gasteiger partial charge in [0.05, 0.1) is 6.61 Å². The largest absolute Gasteiger partial charge is 0.423 e. The maximum absolute atomic E-state index is 11.2. The molecule has 2 rings (SSSR count). The van der Waals surface area contributed by atoms with Gasteiger partial charge in [-0.05, 0) is 12.8 Å². The van der Waals surface area contributed by atoms with Gasteiger partial charge in [0.15, 0.2) is 5.88 Å². The molecule has 0 saturated carbocycles. The molecule has 1 aromatic rings. The minimum Gasteiger partial charge on any atom is -0.423 e. The maximum Gasteiger partial charge on any atom is 0.231 e. The molecule has 0 spiro atoms. The van der Waals surface area contributed by atoms with E-state index in [9.17, 15) is 4.79 Å². The Morgan fingerprint density at radius 2 is 2.17 bits per heavy atom. The summed E-state index contributed by atoms with van der Waals surface area (Å²) in [5.74, 6) is 1.07. The Hall–Kier alpha value is -1.53. The summed E-state index contributed by atoms with van der Waals surface area (Å²) in [6, 6.07) is 3.51. The van der Waals surface area contributed by atoms with Crippen molar-refractivity contribution in [2.75, 3.05) is 36.6 Å². The number of aliphatic hydroxyl groups is 1. The number of hydrogen-bond donors (Lipinski definition) is 2. The number of rotatable bonds is 6. The SMILES string of the molecule is O=CN(c1ccc(NCCO)o1)N1CCCCC1. The van der Waals surface area contributed by atoms with Crippen molar-refractivity contribution in [3.05, 3.63) is 12.1 Å². The van der Waals surface area contributed by atoms with E-state index in [-0.39, 0.29) is 6.61 Å². The Kier molecular flexibility index (Phi) is 4.60. The zero-order valence-corrected chi connectivity index (χ0v) is 10.3. The highest BCUT2D eigenvalue weighted by atomic mass is 16.4. The number of carbonyl (C=O) groups excluding carboxylic acids is 1. The van der Waals surface area contributed by atoms with Gasteiger partial charge in [0.25, 0.3) is 0 Å². The summed E-state index contributed by atoms with van der Waals surface area (Å²) in [5.41, 5.74) is 0.